The second-order valence-corrected chi connectivity index (χ2v) is 9.01. The molecule has 2 heterocycles. The minimum Gasteiger partial charge on any atom is -0.493 e. The van der Waals surface area contributed by atoms with Crippen molar-refractivity contribution in [3.8, 4) is 17.2 Å². The highest BCUT2D eigenvalue weighted by molar-refractivity contribution is 5.74. The van der Waals surface area contributed by atoms with Gasteiger partial charge in [0.05, 0.1) is 12.3 Å². The standard InChI is InChI=1S/C28H34N2O4/c1-3-4-5-9-15-30-19-23-17-24(13-12-22(23)18-26(30)28(31)32)33-16-14-25-20(2)34-27(29-25)21-10-7-6-8-11-21/h6-8,10-13,17,26H,3-5,9,14-16,18-19H2,1-2H3,(H,31,32)/t26-/m0/s1. The number of unbranched alkanes of at least 4 members (excludes halogenated alkanes) is 3. The molecule has 2 aromatic carbocycles. The zero-order chi connectivity index (χ0) is 23.9. The largest absolute Gasteiger partial charge is 0.493 e. The average molecular weight is 463 g/mol. The van der Waals surface area contributed by atoms with Crippen LogP contribution < -0.4 is 4.74 Å². The van der Waals surface area contributed by atoms with Crippen LogP contribution in [0.15, 0.2) is 52.9 Å². The summed E-state index contributed by atoms with van der Waals surface area (Å²) in [5.74, 6) is 1.52. The molecule has 0 amide bonds. The van der Waals surface area contributed by atoms with Crippen molar-refractivity contribution in [2.75, 3.05) is 13.2 Å². The number of aryl methyl sites for hydroxylation is 1. The molecule has 0 radical (unpaired) electrons. The Balaban J connectivity index is 1.37. The number of carboxylic acid groups (broad SMARTS) is 1. The van der Waals surface area contributed by atoms with Gasteiger partial charge in [0.15, 0.2) is 0 Å². The second-order valence-electron chi connectivity index (χ2n) is 9.01. The number of carboxylic acids is 1. The van der Waals surface area contributed by atoms with Crippen LogP contribution in [0.5, 0.6) is 5.75 Å². The molecule has 180 valence electrons. The molecule has 1 N–H and O–H groups in total. The highest BCUT2D eigenvalue weighted by atomic mass is 16.5. The molecule has 1 aromatic heterocycles. The molecular weight excluding hydrogens is 428 g/mol. The summed E-state index contributed by atoms with van der Waals surface area (Å²) in [7, 11) is 0. The summed E-state index contributed by atoms with van der Waals surface area (Å²) in [6.45, 7) is 6.08. The van der Waals surface area contributed by atoms with E-state index in [1.54, 1.807) is 0 Å². The maximum Gasteiger partial charge on any atom is 0.321 e. The van der Waals surface area contributed by atoms with Gasteiger partial charge in [-0.1, -0.05) is 50.5 Å². The van der Waals surface area contributed by atoms with Gasteiger partial charge in [0.2, 0.25) is 5.89 Å². The van der Waals surface area contributed by atoms with E-state index < -0.39 is 12.0 Å². The minimum atomic E-state index is -0.737. The van der Waals surface area contributed by atoms with Gasteiger partial charge in [0.1, 0.15) is 17.6 Å². The van der Waals surface area contributed by atoms with E-state index in [0.717, 1.165) is 53.3 Å². The topological polar surface area (TPSA) is 75.8 Å². The van der Waals surface area contributed by atoms with Gasteiger partial charge in [-0.2, -0.15) is 0 Å². The first kappa shape index (κ1) is 24.0. The molecule has 0 unspecified atom stereocenters. The fourth-order valence-electron chi connectivity index (χ4n) is 4.55. The van der Waals surface area contributed by atoms with Gasteiger partial charge in [-0.15, -0.1) is 0 Å². The molecule has 0 saturated heterocycles. The van der Waals surface area contributed by atoms with Crippen LogP contribution in [0.25, 0.3) is 11.5 Å². The molecule has 6 nitrogen and oxygen atoms in total. The van der Waals surface area contributed by atoms with Crippen molar-refractivity contribution in [3.05, 3.63) is 71.1 Å². The van der Waals surface area contributed by atoms with E-state index in [9.17, 15) is 9.90 Å². The first-order chi connectivity index (χ1) is 16.5. The van der Waals surface area contributed by atoms with Crippen LogP contribution >= 0.6 is 0 Å². The number of rotatable bonds is 11. The number of ether oxygens (including phenoxy) is 1. The molecule has 0 spiro atoms. The normalized spacial score (nSPS) is 15.8. The SMILES string of the molecule is CCCCCCN1Cc2cc(OCCc3nc(-c4ccccc4)oc3C)ccc2C[C@H]1C(=O)O. The second kappa shape index (κ2) is 11.3. The molecule has 0 fully saturated rings. The van der Waals surface area contributed by atoms with E-state index in [-0.39, 0.29) is 0 Å². The molecule has 6 heteroatoms. The van der Waals surface area contributed by atoms with Gasteiger partial charge in [-0.25, -0.2) is 4.98 Å². The third kappa shape index (κ3) is 5.86. The van der Waals surface area contributed by atoms with Crippen LogP contribution in [0.1, 0.15) is 55.2 Å². The predicted octanol–water partition coefficient (Wildman–Crippen LogP) is 5.66. The minimum absolute atomic E-state index is 0.449. The van der Waals surface area contributed by atoms with Crippen molar-refractivity contribution in [3.63, 3.8) is 0 Å². The summed E-state index contributed by atoms with van der Waals surface area (Å²) in [6, 6.07) is 15.5. The number of hydrogen-bond acceptors (Lipinski definition) is 5. The maximum atomic E-state index is 11.8. The smallest absolute Gasteiger partial charge is 0.321 e. The number of aliphatic carboxylic acids is 1. The Kier molecular flexibility index (Phi) is 8.01. The maximum absolute atomic E-state index is 11.8. The average Bonchev–Trinajstić information content (AvgIpc) is 3.22. The lowest BCUT2D eigenvalue weighted by Crippen LogP contribution is -2.45. The summed E-state index contributed by atoms with van der Waals surface area (Å²) in [5, 5.41) is 9.73. The first-order valence-electron chi connectivity index (χ1n) is 12.3. The summed E-state index contributed by atoms with van der Waals surface area (Å²) < 4.78 is 11.9. The molecule has 1 aliphatic heterocycles. The monoisotopic (exact) mass is 462 g/mol. The van der Waals surface area contributed by atoms with Crippen molar-refractivity contribution >= 4 is 5.97 Å². The lowest BCUT2D eigenvalue weighted by Gasteiger charge is -2.34. The van der Waals surface area contributed by atoms with Gasteiger partial charge in [-0.05, 0) is 61.7 Å². The Labute approximate surface area is 201 Å². The lowest BCUT2D eigenvalue weighted by atomic mass is 9.93. The first-order valence-corrected chi connectivity index (χ1v) is 12.3. The van der Waals surface area contributed by atoms with E-state index in [1.165, 1.54) is 12.8 Å². The van der Waals surface area contributed by atoms with Crippen LogP contribution in [-0.2, 0) is 24.2 Å². The van der Waals surface area contributed by atoms with Crippen LogP contribution in [0.2, 0.25) is 0 Å². The molecule has 0 bridgehead atoms. The Morgan fingerprint density at radius 3 is 2.74 bits per heavy atom. The zero-order valence-electron chi connectivity index (χ0n) is 20.1. The fraction of sp³-hybridized carbons (Fsp3) is 0.429. The molecule has 3 aromatic rings. The molecule has 34 heavy (non-hydrogen) atoms. The van der Waals surface area contributed by atoms with Crippen molar-refractivity contribution < 1.29 is 19.1 Å². The molecular formula is C28H34N2O4. The number of carbonyl (C=O) groups is 1. The third-order valence-electron chi connectivity index (χ3n) is 6.51. The van der Waals surface area contributed by atoms with Crippen molar-refractivity contribution in [2.24, 2.45) is 0 Å². The highest BCUT2D eigenvalue weighted by Gasteiger charge is 2.31. The molecule has 4 rings (SSSR count). The van der Waals surface area contributed by atoms with Crippen LogP contribution in [0.4, 0.5) is 0 Å². The van der Waals surface area contributed by atoms with Gasteiger partial charge < -0.3 is 14.3 Å². The van der Waals surface area contributed by atoms with Crippen LogP contribution in [-0.4, -0.2) is 40.2 Å². The third-order valence-corrected chi connectivity index (χ3v) is 6.51. The quantitative estimate of drug-likeness (QED) is 0.371. The summed E-state index contributed by atoms with van der Waals surface area (Å²) >= 11 is 0. The van der Waals surface area contributed by atoms with Crippen molar-refractivity contribution in [2.45, 2.75) is 65.0 Å². The van der Waals surface area contributed by atoms with Gasteiger partial charge >= 0.3 is 5.97 Å². The summed E-state index contributed by atoms with van der Waals surface area (Å²) in [6.07, 6.45) is 5.74. The van der Waals surface area contributed by atoms with E-state index in [1.807, 2.05) is 49.4 Å². The van der Waals surface area contributed by atoms with Crippen molar-refractivity contribution in [1.29, 1.82) is 0 Å². The van der Waals surface area contributed by atoms with E-state index in [2.05, 4.69) is 22.9 Å². The number of hydrogen-bond donors (Lipinski definition) is 1. The molecule has 1 aliphatic rings. The van der Waals surface area contributed by atoms with Gasteiger partial charge in [0.25, 0.3) is 0 Å². The van der Waals surface area contributed by atoms with E-state index in [0.29, 0.717) is 31.9 Å². The van der Waals surface area contributed by atoms with E-state index in [4.69, 9.17) is 9.15 Å². The lowest BCUT2D eigenvalue weighted by molar-refractivity contribution is -0.144. The Morgan fingerprint density at radius 1 is 1.15 bits per heavy atom. The predicted molar refractivity (Wildman–Crippen MR) is 132 cm³/mol. The number of fused-ring (bicyclic) bond motifs is 1. The summed E-state index contributed by atoms with van der Waals surface area (Å²) in [4.78, 5) is 18.6. The number of aromatic nitrogens is 1. The fourth-order valence-corrected chi connectivity index (χ4v) is 4.55. The number of nitrogens with zero attached hydrogens (tertiary/aromatic N) is 2. The highest BCUT2D eigenvalue weighted by Crippen LogP contribution is 2.28. The van der Waals surface area contributed by atoms with Crippen molar-refractivity contribution in [1.82, 2.24) is 9.88 Å². The Morgan fingerprint density at radius 2 is 1.97 bits per heavy atom. The molecule has 0 aliphatic carbocycles. The molecule has 1 atom stereocenters. The number of oxazole rings is 1. The van der Waals surface area contributed by atoms with Gasteiger partial charge in [0, 0.05) is 18.5 Å². The zero-order valence-corrected chi connectivity index (χ0v) is 20.1. The molecule has 0 saturated carbocycles. The van der Waals surface area contributed by atoms with E-state index >= 15 is 0 Å². The summed E-state index contributed by atoms with van der Waals surface area (Å²) in [5.41, 5.74) is 4.13. The van der Waals surface area contributed by atoms with Crippen LogP contribution in [0.3, 0.4) is 0 Å². The Bertz CT molecular complexity index is 1090. The Hall–Kier alpha value is -3.12. The van der Waals surface area contributed by atoms with Gasteiger partial charge in [-0.3, -0.25) is 9.69 Å². The van der Waals surface area contributed by atoms with Crippen LogP contribution in [0, 0.1) is 6.92 Å². The number of benzene rings is 2.